The van der Waals surface area contributed by atoms with Gasteiger partial charge in [0, 0.05) is 0 Å². The molecule has 2 aliphatic rings. The van der Waals surface area contributed by atoms with Crippen LogP contribution in [0, 0.1) is 11.8 Å². The van der Waals surface area contributed by atoms with Crippen LogP contribution in [0.25, 0.3) is 0 Å². The quantitative estimate of drug-likeness (QED) is 0.588. The van der Waals surface area contributed by atoms with Crippen LogP contribution in [0.3, 0.4) is 0 Å². The molecule has 2 rings (SSSR count). The molecule has 3 unspecified atom stereocenters. The van der Waals surface area contributed by atoms with Crippen molar-refractivity contribution in [2.75, 3.05) is 0 Å². The standard InChI is InChI=1S/C10H12O2/c11-8-5-6-9(12)10(8)7-3-1-2-4-7/h1,3,5-8,10-11H,2,4H2. The molecule has 0 saturated heterocycles. The molecular weight excluding hydrogens is 152 g/mol. The van der Waals surface area contributed by atoms with Gasteiger partial charge >= 0.3 is 0 Å². The molecule has 0 aromatic rings. The molecule has 0 aliphatic heterocycles. The fourth-order valence-electron chi connectivity index (χ4n) is 2.01. The number of hydrogen-bond acceptors (Lipinski definition) is 2. The van der Waals surface area contributed by atoms with Gasteiger partial charge in [-0.3, -0.25) is 4.79 Å². The van der Waals surface area contributed by atoms with Crippen LogP contribution in [-0.4, -0.2) is 17.0 Å². The van der Waals surface area contributed by atoms with E-state index in [1.807, 2.05) is 0 Å². The van der Waals surface area contributed by atoms with Gasteiger partial charge in [-0.1, -0.05) is 18.2 Å². The van der Waals surface area contributed by atoms with Gasteiger partial charge in [-0.05, 0) is 24.8 Å². The Hall–Kier alpha value is -0.890. The van der Waals surface area contributed by atoms with Crippen molar-refractivity contribution >= 4 is 5.78 Å². The molecule has 0 bridgehead atoms. The van der Waals surface area contributed by atoms with E-state index < -0.39 is 6.10 Å². The topological polar surface area (TPSA) is 37.3 Å². The lowest BCUT2D eigenvalue weighted by atomic mass is 9.87. The van der Waals surface area contributed by atoms with Gasteiger partial charge < -0.3 is 5.11 Å². The fourth-order valence-corrected chi connectivity index (χ4v) is 2.01. The second-order valence-electron chi connectivity index (χ2n) is 3.45. The minimum Gasteiger partial charge on any atom is -0.388 e. The Labute approximate surface area is 71.6 Å². The Morgan fingerprint density at radius 3 is 2.75 bits per heavy atom. The second-order valence-corrected chi connectivity index (χ2v) is 3.45. The summed E-state index contributed by atoms with van der Waals surface area (Å²) >= 11 is 0. The van der Waals surface area contributed by atoms with Crippen LogP contribution in [0.4, 0.5) is 0 Å². The van der Waals surface area contributed by atoms with Gasteiger partial charge in [-0.25, -0.2) is 0 Å². The molecule has 2 aliphatic carbocycles. The molecule has 0 aromatic heterocycles. The fraction of sp³-hybridized carbons (Fsp3) is 0.500. The lowest BCUT2D eigenvalue weighted by Gasteiger charge is -2.18. The summed E-state index contributed by atoms with van der Waals surface area (Å²) in [6.07, 6.45) is 8.74. The van der Waals surface area contributed by atoms with Crippen LogP contribution < -0.4 is 0 Å². The summed E-state index contributed by atoms with van der Waals surface area (Å²) in [5.74, 6) is 0.158. The third kappa shape index (κ3) is 1.12. The van der Waals surface area contributed by atoms with Gasteiger partial charge in [0.15, 0.2) is 5.78 Å². The molecular formula is C10H12O2. The first-order valence-electron chi connectivity index (χ1n) is 4.36. The first-order chi connectivity index (χ1) is 5.79. The summed E-state index contributed by atoms with van der Waals surface area (Å²) in [6.45, 7) is 0. The summed E-state index contributed by atoms with van der Waals surface area (Å²) in [5, 5.41) is 9.48. The van der Waals surface area contributed by atoms with Crippen LogP contribution in [0.15, 0.2) is 24.3 Å². The Balaban J connectivity index is 2.12. The smallest absolute Gasteiger partial charge is 0.162 e. The first kappa shape index (κ1) is 7.74. The van der Waals surface area contributed by atoms with Gasteiger partial charge in [0.25, 0.3) is 0 Å². The highest BCUT2D eigenvalue weighted by Gasteiger charge is 2.34. The van der Waals surface area contributed by atoms with Crippen molar-refractivity contribution in [3.8, 4) is 0 Å². The van der Waals surface area contributed by atoms with Crippen molar-refractivity contribution < 1.29 is 9.90 Å². The zero-order valence-corrected chi connectivity index (χ0v) is 6.81. The zero-order chi connectivity index (χ0) is 8.55. The van der Waals surface area contributed by atoms with Gasteiger partial charge in [-0.2, -0.15) is 0 Å². The number of carbonyl (C=O) groups is 1. The number of rotatable bonds is 1. The Morgan fingerprint density at radius 2 is 2.25 bits per heavy atom. The van der Waals surface area contributed by atoms with E-state index in [0.29, 0.717) is 0 Å². The molecule has 64 valence electrons. The monoisotopic (exact) mass is 164 g/mol. The first-order valence-corrected chi connectivity index (χ1v) is 4.36. The largest absolute Gasteiger partial charge is 0.388 e. The maximum atomic E-state index is 11.3. The number of carbonyl (C=O) groups excluding carboxylic acids is 1. The molecule has 0 heterocycles. The minimum atomic E-state index is -0.551. The number of hydrogen-bond donors (Lipinski definition) is 1. The van der Waals surface area contributed by atoms with Crippen LogP contribution in [0.2, 0.25) is 0 Å². The van der Waals surface area contributed by atoms with E-state index in [1.54, 1.807) is 6.08 Å². The molecule has 0 radical (unpaired) electrons. The predicted molar refractivity (Wildman–Crippen MR) is 45.5 cm³/mol. The number of allylic oxidation sites excluding steroid dienone is 3. The molecule has 0 fully saturated rings. The van der Waals surface area contributed by atoms with E-state index in [4.69, 9.17) is 0 Å². The zero-order valence-electron chi connectivity index (χ0n) is 6.81. The van der Waals surface area contributed by atoms with E-state index in [1.165, 1.54) is 6.08 Å². The SMILES string of the molecule is O=C1C=CC(O)C1C1C=CCC1. The summed E-state index contributed by atoms with van der Waals surface area (Å²) in [6, 6.07) is 0. The number of aliphatic hydroxyl groups is 1. The van der Waals surface area contributed by atoms with E-state index >= 15 is 0 Å². The Bertz CT molecular complexity index is 253. The highest BCUT2D eigenvalue weighted by atomic mass is 16.3. The highest BCUT2D eigenvalue weighted by Crippen LogP contribution is 2.31. The average Bonchev–Trinajstić information content (AvgIpc) is 2.61. The number of ketones is 1. The molecule has 2 nitrogen and oxygen atoms in total. The van der Waals surface area contributed by atoms with Crippen molar-refractivity contribution in [3.63, 3.8) is 0 Å². The summed E-state index contributed by atoms with van der Waals surface area (Å²) < 4.78 is 0. The molecule has 3 atom stereocenters. The summed E-state index contributed by atoms with van der Waals surface area (Å²) in [4.78, 5) is 11.3. The summed E-state index contributed by atoms with van der Waals surface area (Å²) in [7, 11) is 0. The van der Waals surface area contributed by atoms with E-state index in [9.17, 15) is 9.90 Å². The molecule has 2 heteroatoms. The predicted octanol–water partition coefficient (Wildman–Crippen LogP) is 1.07. The van der Waals surface area contributed by atoms with Crippen molar-refractivity contribution in [1.82, 2.24) is 0 Å². The van der Waals surface area contributed by atoms with Crippen molar-refractivity contribution in [2.45, 2.75) is 18.9 Å². The van der Waals surface area contributed by atoms with Crippen molar-refractivity contribution in [3.05, 3.63) is 24.3 Å². The molecule has 0 spiro atoms. The van der Waals surface area contributed by atoms with E-state index in [-0.39, 0.29) is 17.6 Å². The average molecular weight is 164 g/mol. The van der Waals surface area contributed by atoms with Gasteiger partial charge in [-0.15, -0.1) is 0 Å². The second kappa shape index (κ2) is 2.87. The molecule has 0 aromatic carbocycles. The number of aliphatic hydroxyl groups excluding tert-OH is 1. The van der Waals surface area contributed by atoms with E-state index in [0.717, 1.165) is 12.8 Å². The van der Waals surface area contributed by atoms with Crippen molar-refractivity contribution in [2.24, 2.45) is 11.8 Å². The van der Waals surface area contributed by atoms with Gasteiger partial charge in [0.1, 0.15) is 0 Å². The normalized spacial score (nSPS) is 39.8. The molecule has 0 amide bonds. The highest BCUT2D eigenvalue weighted by molar-refractivity contribution is 5.95. The Kier molecular flexibility index (Phi) is 1.85. The minimum absolute atomic E-state index is 0.0825. The van der Waals surface area contributed by atoms with Crippen LogP contribution in [-0.2, 0) is 4.79 Å². The Morgan fingerprint density at radius 1 is 1.42 bits per heavy atom. The summed E-state index contributed by atoms with van der Waals surface area (Å²) in [5.41, 5.74) is 0. The van der Waals surface area contributed by atoms with Crippen LogP contribution in [0.1, 0.15) is 12.8 Å². The van der Waals surface area contributed by atoms with Crippen molar-refractivity contribution in [1.29, 1.82) is 0 Å². The van der Waals surface area contributed by atoms with Crippen LogP contribution >= 0.6 is 0 Å². The lowest BCUT2D eigenvalue weighted by Crippen LogP contribution is -2.26. The maximum absolute atomic E-state index is 11.3. The third-order valence-electron chi connectivity index (χ3n) is 2.67. The maximum Gasteiger partial charge on any atom is 0.162 e. The molecule has 0 saturated carbocycles. The molecule has 12 heavy (non-hydrogen) atoms. The van der Waals surface area contributed by atoms with Gasteiger partial charge in [0.2, 0.25) is 0 Å². The lowest BCUT2D eigenvalue weighted by molar-refractivity contribution is -0.120. The third-order valence-corrected chi connectivity index (χ3v) is 2.67. The van der Waals surface area contributed by atoms with E-state index in [2.05, 4.69) is 12.2 Å². The van der Waals surface area contributed by atoms with Gasteiger partial charge in [0.05, 0.1) is 12.0 Å². The van der Waals surface area contributed by atoms with Crippen LogP contribution in [0.5, 0.6) is 0 Å². The molecule has 1 N–H and O–H groups in total.